The Morgan fingerprint density at radius 1 is 1.42 bits per heavy atom. The zero-order chi connectivity index (χ0) is 13.4. The molecule has 1 aromatic rings. The van der Waals surface area contributed by atoms with Crippen LogP contribution in [0.15, 0.2) is 6.20 Å². The SMILES string of the molecule is CC1CCC(C)N(C(=O)c2cn3c(n2)NCCC3)C1. The lowest BCUT2D eigenvalue weighted by Gasteiger charge is -2.36. The predicted octanol–water partition coefficient (Wildman–Crippen LogP) is 1.96. The van der Waals surface area contributed by atoms with E-state index in [2.05, 4.69) is 28.7 Å². The van der Waals surface area contributed by atoms with E-state index in [1.807, 2.05) is 11.1 Å². The fourth-order valence-corrected chi connectivity index (χ4v) is 3.00. The van der Waals surface area contributed by atoms with E-state index in [1.165, 1.54) is 6.42 Å². The van der Waals surface area contributed by atoms with Crippen molar-refractivity contribution < 1.29 is 4.79 Å². The summed E-state index contributed by atoms with van der Waals surface area (Å²) >= 11 is 0. The van der Waals surface area contributed by atoms with E-state index in [0.29, 0.717) is 17.7 Å². The van der Waals surface area contributed by atoms with Gasteiger partial charge in [-0.2, -0.15) is 0 Å². The number of fused-ring (bicyclic) bond motifs is 1. The molecule has 0 radical (unpaired) electrons. The molecule has 3 rings (SSSR count). The Morgan fingerprint density at radius 2 is 2.26 bits per heavy atom. The summed E-state index contributed by atoms with van der Waals surface area (Å²) in [7, 11) is 0. The van der Waals surface area contributed by atoms with Crippen LogP contribution in [0.5, 0.6) is 0 Å². The van der Waals surface area contributed by atoms with Crippen molar-refractivity contribution >= 4 is 11.9 Å². The van der Waals surface area contributed by atoms with Crippen LogP contribution in [0.25, 0.3) is 0 Å². The number of hydrogen-bond donors (Lipinski definition) is 1. The lowest BCUT2D eigenvalue weighted by atomic mass is 9.95. The molecule has 0 aromatic carbocycles. The molecular weight excluding hydrogens is 240 g/mol. The molecule has 1 aromatic heterocycles. The normalized spacial score (nSPS) is 26.7. The minimum absolute atomic E-state index is 0.0859. The van der Waals surface area contributed by atoms with Crippen molar-refractivity contribution in [3.63, 3.8) is 0 Å². The van der Waals surface area contributed by atoms with Crippen LogP contribution in [0.3, 0.4) is 0 Å². The Hall–Kier alpha value is -1.52. The minimum Gasteiger partial charge on any atom is -0.356 e. The van der Waals surface area contributed by atoms with Crippen LogP contribution in [-0.2, 0) is 6.54 Å². The quantitative estimate of drug-likeness (QED) is 0.841. The maximum Gasteiger partial charge on any atom is 0.274 e. The number of rotatable bonds is 1. The summed E-state index contributed by atoms with van der Waals surface area (Å²) in [5.41, 5.74) is 0.588. The molecule has 0 saturated carbocycles. The van der Waals surface area contributed by atoms with Gasteiger partial charge >= 0.3 is 0 Å². The van der Waals surface area contributed by atoms with Gasteiger partial charge in [0.1, 0.15) is 5.69 Å². The summed E-state index contributed by atoms with van der Waals surface area (Å²) in [6.07, 6.45) is 5.30. The van der Waals surface area contributed by atoms with Crippen molar-refractivity contribution in [2.45, 2.75) is 45.7 Å². The molecule has 0 bridgehead atoms. The van der Waals surface area contributed by atoms with Crippen LogP contribution in [-0.4, -0.2) is 39.5 Å². The molecule has 2 aliphatic heterocycles. The minimum atomic E-state index is 0.0859. The van der Waals surface area contributed by atoms with Gasteiger partial charge in [-0.1, -0.05) is 6.92 Å². The highest BCUT2D eigenvalue weighted by molar-refractivity contribution is 5.93. The van der Waals surface area contributed by atoms with Gasteiger partial charge in [-0.15, -0.1) is 0 Å². The third-order valence-electron chi connectivity index (χ3n) is 4.23. The highest BCUT2D eigenvalue weighted by Crippen LogP contribution is 2.24. The number of amides is 1. The number of likely N-dealkylation sites (tertiary alicyclic amines) is 1. The van der Waals surface area contributed by atoms with E-state index in [9.17, 15) is 4.79 Å². The van der Waals surface area contributed by atoms with Gasteiger partial charge in [0.05, 0.1) is 0 Å². The second-order valence-corrected chi connectivity index (χ2v) is 5.91. The molecular formula is C14H22N4O. The number of carbonyl (C=O) groups excluding carboxylic acids is 1. The Labute approximate surface area is 114 Å². The molecule has 104 valence electrons. The Bertz CT molecular complexity index is 458. The first kappa shape index (κ1) is 12.5. The van der Waals surface area contributed by atoms with Gasteiger partial charge in [0.15, 0.2) is 0 Å². The second-order valence-electron chi connectivity index (χ2n) is 5.91. The summed E-state index contributed by atoms with van der Waals surface area (Å²) in [5, 5.41) is 3.24. The fourth-order valence-electron chi connectivity index (χ4n) is 3.00. The molecule has 1 amide bonds. The van der Waals surface area contributed by atoms with Gasteiger partial charge in [0, 0.05) is 31.9 Å². The molecule has 1 fully saturated rings. The Balaban J connectivity index is 1.81. The first-order chi connectivity index (χ1) is 9.15. The van der Waals surface area contributed by atoms with Gasteiger partial charge in [-0.3, -0.25) is 4.79 Å². The van der Waals surface area contributed by atoms with Crippen LogP contribution < -0.4 is 5.32 Å². The predicted molar refractivity (Wildman–Crippen MR) is 74.2 cm³/mol. The van der Waals surface area contributed by atoms with Gasteiger partial charge in [0.25, 0.3) is 5.91 Å². The second kappa shape index (κ2) is 4.87. The molecule has 3 heterocycles. The smallest absolute Gasteiger partial charge is 0.274 e. The lowest BCUT2D eigenvalue weighted by molar-refractivity contribution is 0.0568. The van der Waals surface area contributed by atoms with E-state index in [4.69, 9.17) is 0 Å². The van der Waals surface area contributed by atoms with Gasteiger partial charge in [-0.25, -0.2) is 4.98 Å². The topological polar surface area (TPSA) is 50.2 Å². The number of hydrogen-bond acceptors (Lipinski definition) is 3. The van der Waals surface area contributed by atoms with E-state index in [1.54, 1.807) is 0 Å². The van der Waals surface area contributed by atoms with Crippen LogP contribution in [0.1, 0.15) is 43.6 Å². The maximum atomic E-state index is 12.6. The number of anilines is 1. The van der Waals surface area contributed by atoms with Crippen molar-refractivity contribution in [3.8, 4) is 0 Å². The van der Waals surface area contributed by atoms with E-state index < -0.39 is 0 Å². The van der Waals surface area contributed by atoms with Gasteiger partial charge in [0.2, 0.25) is 5.95 Å². The van der Waals surface area contributed by atoms with E-state index in [0.717, 1.165) is 38.4 Å². The number of carbonyl (C=O) groups is 1. The standard InChI is InChI=1S/C14H22N4O/c1-10-4-5-11(2)18(8-10)13(19)12-9-17-7-3-6-15-14(17)16-12/h9-11H,3-8H2,1-2H3,(H,15,16). The Morgan fingerprint density at radius 3 is 3.05 bits per heavy atom. The molecule has 19 heavy (non-hydrogen) atoms. The third-order valence-corrected chi connectivity index (χ3v) is 4.23. The number of aromatic nitrogens is 2. The van der Waals surface area contributed by atoms with E-state index in [-0.39, 0.29) is 5.91 Å². The molecule has 2 unspecified atom stereocenters. The number of piperidine rings is 1. The zero-order valence-corrected chi connectivity index (χ0v) is 11.7. The maximum absolute atomic E-state index is 12.6. The third kappa shape index (κ3) is 2.33. The van der Waals surface area contributed by atoms with Crippen molar-refractivity contribution in [1.82, 2.24) is 14.5 Å². The molecule has 1 saturated heterocycles. The molecule has 0 aliphatic carbocycles. The largest absolute Gasteiger partial charge is 0.356 e. The van der Waals surface area contributed by atoms with Crippen LogP contribution in [0.2, 0.25) is 0 Å². The van der Waals surface area contributed by atoms with Crippen molar-refractivity contribution in [2.24, 2.45) is 5.92 Å². The monoisotopic (exact) mass is 262 g/mol. The number of imidazole rings is 1. The average Bonchev–Trinajstić information content (AvgIpc) is 2.84. The first-order valence-electron chi connectivity index (χ1n) is 7.27. The number of nitrogens with zero attached hydrogens (tertiary/aromatic N) is 3. The van der Waals surface area contributed by atoms with Crippen LogP contribution in [0, 0.1) is 5.92 Å². The zero-order valence-electron chi connectivity index (χ0n) is 11.7. The lowest BCUT2D eigenvalue weighted by Crippen LogP contribution is -2.45. The number of nitrogens with one attached hydrogen (secondary N) is 1. The molecule has 2 aliphatic rings. The molecule has 5 nitrogen and oxygen atoms in total. The molecule has 5 heteroatoms. The fraction of sp³-hybridized carbons (Fsp3) is 0.714. The van der Waals surface area contributed by atoms with Crippen LogP contribution in [0.4, 0.5) is 5.95 Å². The summed E-state index contributed by atoms with van der Waals surface area (Å²) in [5.74, 6) is 1.52. The van der Waals surface area contributed by atoms with Crippen molar-refractivity contribution in [1.29, 1.82) is 0 Å². The number of aryl methyl sites for hydroxylation is 1. The molecule has 2 atom stereocenters. The van der Waals surface area contributed by atoms with Crippen molar-refractivity contribution in [3.05, 3.63) is 11.9 Å². The molecule has 0 spiro atoms. The van der Waals surface area contributed by atoms with E-state index >= 15 is 0 Å². The van der Waals surface area contributed by atoms with Crippen LogP contribution >= 0.6 is 0 Å². The Kier molecular flexibility index (Phi) is 3.21. The average molecular weight is 262 g/mol. The highest BCUT2D eigenvalue weighted by Gasteiger charge is 2.29. The molecule has 1 N–H and O–H groups in total. The van der Waals surface area contributed by atoms with Crippen molar-refractivity contribution in [2.75, 3.05) is 18.4 Å². The summed E-state index contributed by atoms with van der Waals surface area (Å²) in [6.45, 7) is 7.11. The summed E-state index contributed by atoms with van der Waals surface area (Å²) < 4.78 is 2.05. The first-order valence-corrected chi connectivity index (χ1v) is 7.27. The summed E-state index contributed by atoms with van der Waals surface area (Å²) in [6, 6.07) is 0.329. The van der Waals surface area contributed by atoms with Gasteiger partial charge < -0.3 is 14.8 Å². The van der Waals surface area contributed by atoms with Gasteiger partial charge in [-0.05, 0) is 32.1 Å². The summed E-state index contributed by atoms with van der Waals surface area (Å²) in [4.78, 5) is 19.0. The highest BCUT2D eigenvalue weighted by atomic mass is 16.2.